The molecule has 0 nitrogen and oxygen atoms in total. The maximum absolute atomic E-state index is 2.36. The highest BCUT2D eigenvalue weighted by atomic mass is 14.2. The molecule has 0 aliphatic rings. The lowest BCUT2D eigenvalue weighted by molar-refractivity contribution is 1.34. The van der Waals surface area contributed by atoms with Crippen LogP contribution in [0.1, 0.15) is 33.4 Å². The normalized spacial score (nSPS) is 11.3. The Hall–Kier alpha value is -4.10. The standard InChI is InChI=1S/C38H35B/c1-24-20-26(3)36(27(4)21-24)39(37-28(5)22-25(2)23-29(37)6)38-33-18-12-10-16-31(33)35(30-14-8-7-9-15-30)32-17-11-13-19-34(32)38/h7-23H,1-6H3. The highest BCUT2D eigenvalue weighted by Gasteiger charge is 2.32. The van der Waals surface area contributed by atoms with Gasteiger partial charge in [0.1, 0.15) is 0 Å². The molecule has 0 saturated heterocycles. The summed E-state index contributed by atoms with van der Waals surface area (Å²) in [4.78, 5) is 0. The van der Waals surface area contributed by atoms with Gasteiger partial charge in [0.25, 0.3) is 0 Å². The molecule has 0 saturated carbocycles. The van der Waals surface area contributed by atoms with E-state index in [9.17, 15) is 0 Å². The van der Waals surface area contributed by atoms with E-state index >= 15 is 0 Å². The molecule has 0 aliphatic heterocycles. The van der Waals surface area contributed by atoms with Crippen LogP contribution in [0, 0.1) is 41.5 Å². The van der Waals surface area contributed by atoms with Gasteiger partial charge in [-0.15, -0.1) is 0 Å². The molecule has 6 aromatic rings. The van der Waals surface area contributed by atoms with Crippen molar-refractivity contribution >= 4 is 44.6 Å². The Balaban J connectivity index is 1.84. The van der Waals surface area contributed by atoms with Crippen LogP contribution in [-0.4, -0.2) is 6.71 Å². The predicted octanol–water partition coefficient (Wildman–Crippen LogP) is 8.03. The smallest absolute Gasteiger partial charge is 0.0628 e. The summed E-state index contributed by atoms with van der Waals surface area (Å²) < 4.78 is 0. The quantitative estimate of drug-likeness (QED) is 0.169. The Morgan fingerprint density at radius 3 is 1.15 bits per heavy atom. The van der Waals surface area contributed by atoms with Crippen LogP contribution in [0.2, 0.25) is 0 Å². The Labute approximate surface area is 233 Å². The zero-order valence-corrected chi connectivity index (χ0v) is 23.9. The molecule has 0 N–H and O–H groups in total. The molecule has 0 aromatic heterocycles. The molecule has 1 heteroatoms. The molecular formula is C38H35B. The fourth-order valence-corrected chi connectivity index (χ4v) is 7.12. The predicted molar refractivity (Wildman–Crippen MR) is 173 cm³/mol. The Morgan fingerprint density at radius 2 is 0.744 bits per heavy atom. The van der Waals surface area contributed by atoms with Gasteiger partial charge in [-0.25, -0.2) is 0 Å². The summed E-state index contributed by atoms with van der Waals surface area (Å²) in [5.41, 5.74) is 14.9. The number of benzene rings is 6. The minimum Gasteiger partial charge on any atom is -0.0628 e. The van der Waals surface area contributed by atoms with E-state index < -0.39 is 0 Å². The van der Waals surface area contributed by atoms with Crippen molar-refractivity contribution < 1.29 is 0 Å². The monoisotopic (exact) mass is 502 g/mol. The number of aryl methyl sites for hydroxylation is 6. The SMILES string of the molecule is Cc1cc(C)c(B(c2c(C)cc(C)cc2C)c2c3ccccc3c(-c3ccccc3)c3ccccc23)c(C)c1. The van der Waals surface area contributed by atoms with Crippen LogP contribution in [0.5, 0.6) is 0 Å². The van der Waals surface area contributed by atoms with Gasteiger partial charge in [0, 0.05) is 0 Å². The van der Waals surface area contributed by atoms with E-state index in [1.54, 1.807) is 0 Å². The summed E-state index contributed by atoms with van der Waals surface area (Å²) in [6.45, 7) is 13.7. The maximum Gasteiger partial charge on any atom is 0.244 e. The molecule has 0 bridgehead atoms. The van der Waals surface area contributed by atoms with Gasteiger partial charge in [0.05, 0.1) is 0 Å². The lowest BCUT2D eigenvalue weighted by atomic mass is 9.33. The van der Waals surface area contributed by atoms with Gasteiger partial charge in [-0.05, 0) is 74.2 Å². The van der Waals surface area contributed by atoms with E-state index in [-0.39, 0.29) is 6.71 Å². The zero-order chi connectivity index (χ0) is 27.3. The van der Waals surface area contributed by atoms with E-state index in [2.05, 4.69) is 145 Å². The number of hydrogen-bond acceptors (Lipinski definition) is 0. The van der Waals surface area contributed by atoms with E-state index in [0.29, 0.717) is 0 Å². The van der Waals surface area contributed by atoms with Crippen LogP contribution in [0.3, 0.4) is 0 Å². The second-order valence-corrected chi connectivity index (χ2v) is 11.3. The minimum absolute atomic E-state index is 0.117. The van der Waals surface area contributed by atoms with Crippen LogP contribution in [0.4, 0.5) is 0 Å². The molecule has 0 amide bonds. The Morgan fingerprint density at radius 1 is 0.385 bits per heavy atom. The average Bonchev–Trinajstić information content (AvgIpc) is 2.90. The van der Waals surface area contributed by atoms with Crippen molar-refractivity contribution in [2.45, 2.75) is 41.5 Å². The van der Waals surface area contributed by atoms with E-state index in [1.165, 1.54) is 82.4 Å². The first-order chi connectivity index (χ1) is 18.8. The average molecular weight is 503 g/mol. The third-order valence-electron chi connectivity index (χ3n) is 8.38. The van der Waals surface area contributed by atoms with Crippen LogP contribution >= 0.6 is 0 Å². The topological polar surface area (TPSA) is 0 Å². The van der Waals surface area contributed by atoms with Crippen molar-refractivity contribution in [1.82, 2.24) is 0 Å². The van der Waals surface area contributed by atoms with Crippen molar-refractivity contribution in [3.63, 3.8) is 0 Å². The second kappa shape index (κ2) is 9.90. The summed E-state index contributed by atoms with van der Waals surface area (Å²) in [5.74, 6) is 0. The van der Waals surface area contributed by atoms with Gasteiger partial charge in [-0.1, -0.05) is 153 Å². The largest absolute Gasteiger partial charge is 0.244 e. The van der Waals surface area contributed by atoms with Crippen molar-refractivity contribution in [2.75, 3.05) is 0 Å². The van der Waals surface area contributed by atoms with Gasteiger partial charge < -0.3 is 0 Å². The summed E-state index contributed by atoms with van der Waals surface area (Å²) in [7, 11) is 0. The summed E-state index contributed by atoms with van der Waals surface area (Å²) in [5, 5.41) is 5.29. The molecule has 6 rings (SSSR count). The zero-order valence-electron chi connectivity index (χ0n) is 23.9. The second-order valence-electron chi connectivity index (χ2n) is 11.3. The highest BCUT2D eigenvalue weighted by molar-refractivity contribution is 6.99. The van der Waals surface area contributed by atoms with Crippen molar-refractivity contribution in [3.05, 3.63) is 137 Å². The van der Waals surface area contributed by atoms with Crippen LogP contribution in [-0.2, 0) is 0 Å². The van der Waals surface area contributed by atoms with Crippen molar-refractivity contribution in [3.8, 4) is 11.1 Å². The third-order valence-corrected chi connectivity index (χ3v) is 8.38. The van der Waals surface area contributed by atoms with E-state index in [0.717, 1.165) is 0 Å². The van der Waals surface area contributed by atoms with Crippen LogP contribution in [0.25, 0.3) is 32.7 Å². The molecule has 0 atom stereocenters. The van der Waals surface area contributed by atoms with Gasteiger partial charge in [-0.3, -0.25) is 0 Å². The lowest BCUT2D eigenvalue weighted by Gasteiger charge is -2.28. The van der Waals surface area contributed by atoms with E-state index in [1.807, 2.05) is 0 Å². The number of hydrogen-bond donors (Lipinski definition) is 0. The van der Waals surface area contributed by atoms with Gasteiger partial charge >= 0.3 is 0 Å². The maximum atomic E-state index is 2.36. The fraction of sp³-hybridized carbons (Fsp3) is 0.158. The molecule has 0 fully saturated rings. The van der Waals surface area contributed by atoms with Crippen LogP contribution < -0.4 is 16.4 Å². The van der Waals surface area contributed by atoms with Crippen LogP contribution in [0.15, 0.2) is 103 Å². The molecule has 0 unspecified atom stereocenters. The fourth-order valence-electron chi connectivity index (χ4n) is 7.12. The molecule has 0 radical (unpaired) electrons. The summed E-state index contributed by atoms with van der Waals surface area (Å²) in [6, 6.07) is 38.4. The lowest BCUT2D eigenvalue weighted by Crippen LogP contribution is -2.56. The van der Waals surface area contributed by atoms with E-state index in [4.69, 9.17) is 0 Å². The first-order valence-electron chi connectivity index (χ1n) is 14.0. The molecule has 6 aromatic carbocycles. The summed E-state index contributed by atoms with van der Waals surface area (Å²) >= 11 is 0. The molecule has 0 heterocycles. The van der Waals surface area contributed by atoms with Crippen molar-refractivity contribution in [2.24, 2.45) is 0 Å². The molecule has 39 heavy (non-hydrogen) atoms. The minimum atomic E-state index is 0.117. The summed E-state index contributed by atoms with van der Waals surface area (Å²) in [6.07, 6.45) is 0. The molecule has 190 valence electrons. The molecule has 0 spiro atoms. The first kappa shape index (κ1) is 25.2. The Kier molecular flexibility index (Phi) is 6.39. The van der Waals surface area contributed by atoms with Gasteiger partial charge in [-0.2, -0.15) is 0 Å². The van der Waals surface area contributed by atoms with Gasteiger partial charge in [0.15, 0.2) is 0 Å². The molecule has 0 aliphatic carbocycles. The van der Waals surface area contributed by atoms with Crippen molar-refractivity contribution in [1.29, 1.82) is 0 Å². The molecular weight excluding hydrogens is 467 g/mol. The number of rotatable bonds is 4. The first-order valence-corrected chi connectivity index (χ1v) is 14.0. The third kappa shape index (κ3) is 4.27. The van der Waals surface area contributed by atoms with Gasteiger partial charge in [0.2, 0.25) is 6.71 Å². The highest BCUT2D eigenvalue weighted by Crippen LogP contribution is 2.36. The number of fused-ring (bicyclic) bond motifs is 2. The Bertz CT molecular complexity index is 1700.